The molecule has 2 aliphatic rings. The van der Waals surface area contributed by atoms with Gasteiger partial charge in [-0.1, -0.05) is 53.9 Å². The molecular formula is C24H48O3Si. The van der Waals surface area contributed by atoms with E-state index in [1.54, 1.807) is 0 Å². The summed E-state index contributed by atoms with van der Waals surface area (Å²) in [4.78, 5) is 0. The Kier molecular flexibility index (Phi) is 7.24. The number of hydrogen-bond donors (Lipinski definition) is 2. The smallest absolute Gasteiger partial charge is 0.192 e. The zero-order valence-electron chi connectivity index (χ0n) is 20.1. The van der Waals surface area contributed by atoms with Crippen LogP contribution in [0.2, 0.25) is 18.1 Å². The molecule has 0 bridgehead atoms. The van der Waals surface area contributed by atoms with E-state index in [1.165, 1.54) is 12.8 Å². The second kappa shape index (κ2) is 8.32. The molecule has 28 heavy (non-hydrogen) atoms. The van der Waals surface area contributed by atoms with Crippen LogP contribution in [0.5, 0.6) is 0 Å². The van der Waals surface area contributed by atoms with E-state index in [1.807, 2.05) is 13.8 Å². The lowest BCUT2D eigenvalue weighted by atomic mass is 9.61. The van der Waals surface area contributed by atoms with Crippen LogP contribution >= 0.6 is 0 Å². The van der Waals surface area contributed by atoms with E-state index in [0.29, 0.717) is 23.9 Å². The van der Waals surface area contributed by atoms with Crippen molar-refractivity contribution in [3.05, 3.63) is 0 Å². The third-order valence-corrected chi connectivity index (χ3v) is 13.0. The minimum Gasteiger partial charge on any atom is -0.414 e. The van der Waals surface area contributed by atoms with Gasteiger partial charge in [0.1, 0.15) is 0 Å². The van der Waals surface area contributed by atoms with Crippen molar-refractivity contribution in [2.75, 3.05) is 0 Å². The Bertz CT molecular complexity index is 519. The molecule has 2 rings (SSSR count). The van der Waals surface area contributed by atoms with Crippen LogP contribution in [0.25, 0.3) is 0 Å². The summed E-state index contributed by atoms with van der Waals surface area (Å²) in [6, 6.07) is 0. The van der Waals surface area contributed by atoms with Crippen molar-refractivity contribution in [3.8, 4) is 0 Å². The number of hydrogen-bond acceptors (Lipinski definition) is 3. The average Bonchev–Trinajstić information content (AvgIpc) is 2.75. The molecule has 0 aliphatic heterocycles. The predicted octanol–water partition coefficient (Wildman–Crippen LogP) is 6.14. The standard InChI is InChI=1S/C24H48O3Si/c1-17(12-10-14-23(5,6)26)21-19(25)16-18-20(13-11-15-24(18,21)7)27-28(8,9)22(2,3)4/h17-21,25-26H,10-16H2,1-9H3/t17-,18+,19-,20+,21+,24+/m1/s1. The van der Waals surface area contributed by atoms with Gasteiger partial charge in [-0.15, -0.1) is 0 Å². The number of rotatable bonds is 7. The molecule has 0 saturated heterocycles. The van der Waals surface area contributed by atoms with E-state index >= 15 is 0 Å². The summed E-state index contributed by atoms with van der Waals surface area (Å²) in [5.74, 6) is 1.32. The zero-order valence-corrected chi connectivity index (χ0v) is 21.1. The normalized spacial score (nSPS) is 35.7. The molecule has 0 aromatic heterocycles. The largest absolute Gasteiger partial charge is 0.414 e. The third-order valence-electron chi connectivity index (χ3n) is 8.48. The van der Waals surface area contributed by atoms with Gasteiger partial charge in [0.2, 0.25) is 0 Å². The van der Waals surface area contributed by atoms with E-state index < -0.39 is 13.9 Å². The van der Waals surface area contributed by atoms with Gasteiger partial charge < -0.3 is 14.6 Å². The molecular weight excluding hydrogens is 364 g/mol. The van der Waals surface area contributed by atoms with Crippen molar-refractivity contribution >= 4 is 8.32 Å². The first-order valence-corrected chi connectivity index (χ1v) is 14.6. The molecule has 2 saturated carbocycles. The lowest BCUT2D eigenvalue weighted by molar-refractivity contribution is -0.0310. The molecule has 0 spiro atoms. The van der Waals surface area contributed by atoms with Gasteiger partial charge in [-0.25, -0.2) is 0 Å². The highest BCUT2D eigenvalue weighted by Crippen LogP contribution is 2.59. The van der Waals surface area contributed by atoms with Gasteiger partial charge in [0.25, 0.3) is 0 Å². The van der Waals surface area contributed by atoms with Crippen molar-refractivity contribution in [1.82, 2.24) is 0 Å². The molecule has 6 atom stereocenters. The molecule has 166 valence electrons. The van der Waals surface area contributed by atoms with Crippen molar-refractivity contribution in [2.24, 2.45) is 23.2 Å². The Balaban J connectivity index is 2.12. The lowest BCUT2D eigenvalue weighted by Crippen LogP contribution is -2.50. The summed E-state index contributed by atoms with van der Waals surface area (Å²) in [6.07, 6.45) is 7.52. The minimum atomic E-state index is -1.81. The van der Waals surface area contributed by atoms with E-state index in [4.69, 9.17) is 4.43 Å². The maximum atomic E-state index is 11.1. The summed E-state index contributed by atoms with van der Waals surface area (Å²) in [5, 5.41) is 21.4. The second-order valence-corrected chi connectivity index (χ2v) is 17.2. The van der Waals surface area contributed by atoms with E-state index in [2.05, 4.69) is 47.7 Å². The van der Waals surface area contributed by atoms with Gasteiger partial charge in [0.05, 0.1) is 11.7 Å². The van der Waals surface area contributed by atoms with Crippen LogP contribution in [-0.2, 0) is 4.43 Å². The molecule has 0 aromatic carbocycles. The minimum absolute atomic E-state index is 0.179. The first-order valence-electron chi connectivity index (χ1n) is 11.7. The molecule has 3 nitrogen and oxygen atoms in total. The zero-order chi connectivity index (χ0) is 21.5. The van der Waals surface area contributed by atoms with Crippen molar-refractivity contribution in [3.63, 3.8) is 0 Å². The molecule has 0 heterocycles. The number of aliphatic hydroxyl groups is 2. The third kappa shape index (κ3) is 5.22. The summed E-state index contributed by atoms with van der Waals surface area (Å²) >= 11 is 0. The van der Waals surface area contributed by atoms with Gasteiger partial charge >= 0.3 is 0 Å². The molecule has 0 radical (unpaired) electrons. The van der Waals surface area contributed by atoms with Gasteiger partial charge in [0, 0.05) is 6.10 Å². The van der Waals surface area contributed by atoms with E-state index in [0.717, 1.165) is 32.1 Å². The summed E-state index contributed by atoms with van der Waals surface area (Å²) in [5.41, 5.74) is -0.410. The molecule has 0 unspecified atom stereocenters. The van der Waals surface area contributed by atoms with Crippen LogP contribution in [0.4, 0.5) is 0 Å². The Hall–Kier alpha value is 0.0969. The van der Waals surface area contributed by atoms with Crippen LogP contribution in [0.1, 0.15) is 93.4 Å². The van der Waals surface area contributed by atoms with Crippen molar-refractivity contribution < 1.29 is 14.6 Å². The molecule has 2 fully saturated rings. The Morgan fingerprint density at radius 3 is 2.32 bits per heavy atom. The average molecular weight is 413 g/mol. The SMILES string of the molecule is C[C@H](CCCC(C)(C)O)[C@H]1[C@H](O)C[C@H]2[C@@H](O[Si](C)(C)C(C)(C)C)CCC[C@]12C. The lowest BCUT2D eigenvalue weighted by Gasteiger charge is -2.49. The quantitative estimate of drug-likeness (QED) is 0.494. The first kappa shape index (κ1) is 24.4. The summed E-state index contributed by atoms with van der Waals surface area (Å²) < 4.78 is 6.92. The van der Waals surface area contributed by atoms with E-state index in [-0.39, 0.29) is 16.6 Å². The van der Waals surface area contributed by atoms with Crippen LogP contribution in [0, 0.1) is 23.2 Å². The number of aliphatic hydroxyl groups excluding tert-OH is 1. The monoisotopic (exact) mass is 412 g/mol. The molecule has 2 N–H and O–H groups in total. The maximum absolute atomic E-state index is 11.1. The fourth-order valence-electron chi connectivity index (χ4n) is 5.94. The fourth-order valence-corrected chi connectivity index (χ4v) is 7.33. The molecule has 0 aromatic rings. The summed E-state index contributed by atoms with van der Waals surface area (Å²) in [6.45, 7) is 20.2. The highest BCUT2D eigenvalue weighted by molar-refractivity contribution is 6.74. The van der Waals surface area contributed by atoms with Gasteiger partial charge in [-0.2, -0.15) is 0 Å². The maximum Gasteiger partial charge on any atom is 0.192 e. The Morgan fingerprint density at radius 2 is 1.79 bits per heavy atom. The van der Waals surface area contributed by atoms with Gasteiger partial charge in [-0.05, 0) is 80.8 Å². The Labute approximate surface area is 175 Å². The van der Waals surface area contributed by atoms with Crippen molar-refractivity contribution in [2.45, 2.75) is 129 Å². The van der Waals surface area contributed by atoms with Crippen LogP contribution in [0.3, 0.4) is 0 Å². The van der Waals surface area contributed by atoms with Gasteiger partial charge in [0.15, 0.2) is 8.32 Å². The molecule has 4 heteroatoms. The molecule has 2 aliphatic carbocycles. The predicted molar refractivity (Wildman–Crippen MR) is 121 cm³/mol. The first-order chi connectivity index (χ1) is 12.6. The fraction of sp³-hybridized carbons (Fsp3) is 1.00. The Morgan fingerprint density at radius 1 is 1.18 bits per heavy atom. The second-order valence-electron chi connectivity index (χ2n) is 12.4. The van der Waals surface area contributed by atoms with Crippen LogP contribution in [0.15, 0.2) is 0 Å². The highest BCUT2D eigenvalue weighted by atomic mass is 28.4. The van der Waals surface area contributed by atoms with Crippen molar-refractivity contribution in [1.29, 1.82) is 0 Å². The summed E-state index contributed by atoms with van der Waals surface area (Å²) in [7, 11) is -1.81. The molecule has 0 amide bonds. The van der Waals surface area contributed by atoms with Gasteiger partial charge in [-0.3, -0.25) is 0 Å². The van der Waals surface area contributed by atoms with Crippen LogP contribution in [-0.4, -0.2) is 36.3 Å². The highest BCUT2D eigenvalue weighted by Gasteiger charge is 2.57. The van der Waals surface area contributed by atoms with E-state index in [9.17, 15) is 10.2 Å². The number of fused-ring (bicyclic) bond motifs is 1. The van der Waals surface area contributed by atoms with Crippen LogP contribution < -0.4 is 0 Å². The topological polar surface area (TPSA) is 49.7 Å².